The summed E-state index contributed by atoms with van der Waals surface area (Å²) in [5, 5.41) is 13.2. The van der Waals surface area contributed by atoms with Crippen LogP contribution in [0.1, 0.15) is 29.3 Å². The van der Waals surface area contributed by atoms with Gasteiger partial charge in [-0.3, -0.25) is 9.59 Å². The molecule has 8 nitrogen and oxygen atoms in total. The number of amides is 2. The van der Waals surface area contributed by atoms with E-state index in [1.807, 2.05) is 41.8 Å². The van der Waals surface area contributed by atoms with Crippen molar-refractivity contribution in [2.45, 2.75) is 38.1 Å². The van der Waals surface area contributed by atoms with Crippen LogP contribution in [0.25, 0.3) is 11.0 Å². The number of benzene rings is 2. The van der Waals surface area contributed by atoms with E-state index in [-0.39, 0.29) is 31.0 Å². The summed E-state index contributed by atoms with van der Waals surface area (Å²) in [6, 6.07) is 15.9. The largest absolute Gasteiger partial charge is 0.376 e. The number of carbonyl (C=O) groups is 2. The number of carbonyl (C=O) groups excluding carboxylic acids is 2. The van der Waals surface area contributed by atoms with Crippen LogP contribution in [0.15, 0.2) is 66.0 Å². The summed E-state index contributed by atoms with van der Waals surface area (Å²) in [7, 11) is 0. The Balaban J connectivity index is 1.47. The van der Waals surface area contributed by atoms with Gasteiger partial charge in [0, 0.05) is 18.0 Å². The molecule has 0 radical (unpaired) electrons. The van der Waals surface area contributed by atoms with Gasteiger partial charge in [-0.25, -0.2) is 9.07 Å². The SMILES string of the molecule is O=C(NC[C@H]1CCCO1)[C@@H](c1ccc(F)cc1)N(Cc1cccs1)C(=O)Cn1nnc2ccccc21. The van der Waals surface area contributed by atoms with E-state index >= 15 is 0 Å². The van der Waals surface area contributed by atoms with Crippen molar-refractivity contribution in [3.8, 4) is 0 Å². The van der Waals surface area contributed by atoms with E-state index in [0.717, 1.165) is 23.2 Å². The second kappa shape index (κ2) is 11.0. The molecular formula is C26H26FN5O3S. The first-order chi connectivity index (χ1) is 17.6. The molecule has 1 N–H and O–H groups in total. The molecule has 2 aromatic heterocycles. The lowest BCUT2D eigenvalue weighted by atomic mass is 10.0. The van der Waals surface area contributed by atoms with Gasteiger partial charge in [0.25, 0.3) is 0 Å². The fourth-order valence-electron chi connectivity index (χ4n) is 4.38. The van der Waals surface area contributed by atoms with Gasteiger partial charge in [0.2, 0.25) is 11.8 Å². The second-order valence-corrected chi connectivity index (χ2v) is 9.70. The first kappa shape index (κ1) is 24.1. The molecule has 0 bridgehead atoms. The molecule has 4 aromatic rings. The Bertz CT molecular complexity index is 1320. The standard InChI is InChI=1S/C26H26FN5O3S/c27-19-11-9-18(10-12-19)25(26(34)28-15-20-5-3-13-35-20)31(16-21-6-4-14-36-21)24(33)17-32-23-8-2-1-7-22(23)29-30-32/h1-2,4,6-12,14,20,25H,3,5,13,15-17H2,(H,28,34)/t20-,25-/m1/s1. The molecule has 2 aromatic carbocycles. The number of nitrogens with zero attached hydrogens (tertiary/aromatic N) is 4. The summed E-state index contributed by atoms with van der Waals surface area (Å²) >= 11 is 1.50. The third-order valence-corrected chi connectivity index (χ3v) is 7.07. The smallest absolute Gasteiger partial charge is 0.247 e. The molecule has 5 rings (SSSR count). The number of para-hydroxylation sites is 1. The van der Waals surface area contributed by atoms with Crippen molar-refractivity contribution in [2.75, 3.05) is 13.2 Å². The zero-order chi connectivity index (χ0) is 24.9. The summed E-state index contributed by atoms with van der Waals surface area (Å²) in [4.78, 5) is 29.8. The van der Waals surface area contributed by atoms with Gasteiger partial charge in [-0.2, -0.15) is 0 Å². The molecule has 186 valence electrons. The second-order valence-electron chi connectivity index (χ2n) is 8.67. The molecule has 0 spiro atoms. The summed E-state index contributed by atoms with van der Waals surface area (Å²) in [6.07, 6.45) is 1.78. The highest BCUT2D eigenvalue weighted by Crippen LogP contribution is 2.26. The third-order valence-electron chi connectivity index (χ3n) is 6.21. The number of hydrogen-bond donors (Lipinski definition) is 1. The minimum Gasteiger partial charge on any atom is -0.376 e. The van der Waals surface area contributed by atoms with Gasteiger partial charge in [-0.05, 0) is 54.1 Å². The Morgan fingerprint density at radius 1 is 1.17 bits per heavy atom. The van der Waals surface area contributed by atoms with E-state index in [4.69, 9.17) is 4.74 Å². The Morgan fingerprint density at radius 2 is 2.00 bits per heavy atom. The summed E-state index contributed by atoms with van der Waals surface area (Å²) in [5.74, 6) is -1.06. The number of fused-ring (bicyclic) bond motifs is 1. The minimum absolute atomic E-state index is 0.0502. The van der Waals surface area contributed by atoms with E-state index in [1.165, 1.54) is 33.1 Å². The Kier molecular flexibility index (Phi) is 7.33. The fraction of sp³-hybridized carbons (Fsp3) is 0.308. The number of thiophene rings is 1. The fourth-order valence-corrected chi connectivity index (χ4v) is 5.08. The highest BCUT2D eigenvalue weighted by Gasteiger charge is 2.33. The molecule has 0 unspecified atom stereocenters. The van der Waals surface area contributed by atoms with Crippen LogP contribution in [0.3, 0.4) is 0 Å². The lowest BCUT2D eigenvalue weighted by Crippen LogP contribution is -2.46. The Labute approximate surface area is 211 Å². The minimum atomic E-state index is -0.962. The number of halogens is 1. The molecule has 36 heavy (non-hydrogen) atoms. The lowest BCUT2D eigenvalue weighted by molar-refractivity contribution is -0.142. The van der Waals surface area contributed by atoms with Crippen LogP contribution in [0.2, 0.25) is 0 Å². The van der Waals surface area contributed by atoms with Gasteiger partial charge >= 0.3 is 0 Å². The van der Waals surface area contributed by atoms with E-state index in [9.17, 15) is 14.0 Å². The van der Waals surface area contributed by atoms with Gasteiger partial charge in [-0.15, -0.1) is 16.4 Å². The molecular weight excluding hydrogens is 481 g/mol. The molecule has 3 heterocycles. The van der Waals surface area contributed by atoms with Gasteiger partial charge in [0.1, 0.15) is 23.9 Å². The first-order valence-corrected chi connectivity index (χ1v) is 12.7. The quantitative estimate of drug-likeness (QED) is 0.373. The van der Waals surface area contributed by atoms with Crippen molar-refractivity contribution in [2.24, 2.45) is 0 Å². The molecule has 2 amide bonds. The van der Waals surface area contributed by atoms with Crippen LogP contribution in [-0.2, 0) is 27.4 Å². The van der Waals surface area contributed by atoms with Gasteiger partial charge in [0.05, 0.1) is 18.2 Å². The number of rotatable bonds is 9. The molecule has 1 saturated heterocycles. The predicted molar refractivity (Wildman–Crippen MR) is 134 cm³/mol. The van der Waals surface area contributed by atoms with Crippen LogP contribution >= 0.6 is 11.3 Å². The van der Waals surface area contributed by atoms with Crippen molar-refractivity contribution >= 4 is 34.2 Å². The highest BCUT2D eigenvalue weighted by atomic mass is 32.1. The average molecular weight is 508 g/mol. The van der Waals surface area contributed by atoms with E-state index < -0.39 is 11.9 Å². The maximum atomic E-state index is 13.8. The summed E-state index contributed by atoms with van der Waals surface area (Å²) < 4.78 is 20.9. The lowest BCUT2D eigenvalue weighted by Gasteiger charge is -2.31. The molecule has 0 saturated carbocycles. The topological polar surface area (TPSA) is 89.4 Å². The average Bonchev–Trinajstić information content (AvgIpc) is 3.67. The van der Waals surface area contributed by atoms with Gasteiger partial charge < -0.3 is 15.0 Å². The monoisotopic (exact) mass is 507 g/mol. The predicted octanol–water partition coefficient (Wildman–Crippen LogP) is 3.70. The molecule has 10 heteroatoms. The molecule has 1 fully saturated rings. The van der Waals surface area contributed by atoms with Crippen LogP contribution in [0.4, 0.5) is 4.39 Å². The van der Waals surface area contributed by atoms with Crippen molar-refractivity contribution in [1.29, 1.82) is 0 Å². The van der Waals surface area contributed by atoms with Crippen LogP contribution in [0, 0.1) is 5.82 Å². The van der Waals surface area contributed by atoms with Crippen LogP contribution < -0.4 is 5.32 Å². The van der Waals surface area contributed by atoms with E-state index in [0.29, 0.717) is 24.2 Å². The number of hydrogen-bond acceptors (Lipinski definition) is 6. The van der Waals surface area contributed by atoms with Crippen LogP contribution in [0.5, 0.6) is 0 Å². The summed E-state index contributed by atoms with van der Waals surface area (Å²) in [5.41, 5.74) is 1.93. The summed E-state index contributed by atoms with van der Waals surface area (Å²) in [6.45, 7) is 1.16. The molecule has 1 aliphatic heterocycles. The Hall–Kier alpha value is -3.63. The van der Waals surface area contributed by atoms with Gasteiger partial charge in [0.15, 0.2) is 0 Å². The van der Waals surface area contributed by atoms with Crippen LogP contribution in [-0.4, -0.2) is 51.0 Å². The maximum absolute atomic E-state index is 13.8. The normalized spacial score (nSPS) is 16.2. The van der Waals surface area contributed by atoms with E-state index in [1.54, 1.807) is 12.1 Å². The third kappa shape index (κ3) is 5.44. The van der Waals surface area contributed by atoms with Crippen molar-refractivity contribution in [3.05, 3.63) is 82.3 Å². The molecule has 1 aliphatic rings. The number of nitrogens with one attached hydrogen (secondary N) is 1. The highest BCUT2D eigenvalue weighted by molar-refractivity contribution is 7.09. The molecule has 2 atom stereocenters. The van der Waals surface area contributed by atoms with E-state index in [2.05, 4.69) is 15.6 Å². The van der Waals surface area contributed by atoms with Crippen molar-refractivity contribution in [1.82, 2.24) is 25.2 Å². The number of ether oxygens (including phenoxy) is 1. The zero-order valence-electron chi connectivity index (χ0n) is 19.5. The molecule has 0 aliphatic carbocycles. The van der Waals surface area contributed by atoms with Gasteiger partial charge in [-0.1, -0.05) is 35.5 Å². The maximum Gasteiger partial charge on any atom is 0.247 e. The Morgan fingerprint density at radius 3 is 2.75 bits per heavy atom. The van der Waals surface area contributed by atoms with Crippen molar-refractivity contribution in [3.63, 3.8) is 0 Å². The van der Waals surface area contributed by atoms with Crippen molar-refractivity contribution < 1.29 is 18.7 Å². The first-order valence-electron chi connectivity index (χ1n) is 11.8. The zero-order valence-corrected chi connectivity index (χ0v) is 20.4. The number of aromatic nitrogens is 3.